The Kier molecular flexibility index (Phi) is 2.92. The van der Waals surface area contributed by atoms with Crippen LogP contribution in [0.4, 0.5) is 0 Å². The van der Waals surface area contributed by atoms with Crippen molar-refractivity contribution >= 4 is 0 Å². The molecule has 2 rings (SSSR count). The first kappa shape index (κ1) is 11.4. The zero-order valence-electron chi connectivity index (χ0n) is 11.0. The van der Waals surface area contributed by atoms with E-state index in [-0.39, 0.29) is 0 Å². The van der Waals surface area contributed by atoms with E-state index >= 15 is 0 Å². The van der Waals surface area contributed by atoms with Gasteiger partial charge in [-0.3, -0.25) is 0 Å². The molecular weight excluding hydrogens is 192 g/mol. The van der Waals surface area contributed by atoms with Gasteiger partial charge in [-0.25, -0.2) is 0 Å². The Bertz CT molecular complexity index is 411. The molecule has 0 aromatic heterocycles. The standard InChI is InChI=1S/C16H22/c1-10(2)13-8-14-6-12(5)7-16(14)15(9-13)11(3)4/h6-11,16H,1-5H3. The molecule has 1 unspecified atom stereocenters. The van der Waals surface area contributed by atoms with Gasteiger partial charge >= 0.3 is 0 Å². The third-order valence-corrected chi connectivity index (χ3v) is 3.54. The molecular formula is C16H22. The molecule has 0 radical (unpaired) electrons. The molecule has 0 saturated carbocycles. The van der Waals surface area contributed by atoms with Gasteiger partial charge in [0.25, 0.3) is 0 Å². The Morgan fingerprint density at radius 1 is 0.938 bits per heavy atom. The van der Waals surface area contributed by atoms with Gasteiger partial charge in [0.1, 0.15) is 0 Å². The molecule has 0 saturated heterocycles. The molecule has 0 heteroatoms. The number of hydrogen-bond acceptors (Lipinski definition) is 0. The Labute approximate surface area is 99.4 Å². The molecule has 86 valence electrons. The second-order valence-corrected chi connectivity index (χ2v) is 5.63. The van der Waals surface area contributed by atoms with Crippen LogP contribution in [0.2, 0.25) is 0 Å². The minimum Gasteiger partial charge on any atom is -0.0700 e. The molecule has 0 amide bonds. The van der Waals surface area contributed by atoms with Gasteiger partial charge in [-0.2, -0.15) is 0 Å². The minimum absolute atomic E-state index is 0.558. The summed E-state index contributed by atoms with van der Waals surface area (Å²) in [6.45, 7) is 11.3. The molecule has 0 spiro atoms. The van der Waals surface area contributed by atoms with E-state index in [2.05, 4.69) is 58.9 Å². The van der Waals surface area contributed by atoms with Crippen molar-refractivity contribution in [1.29, 1.82) is 0 Å². The van der Waals surface area contributed by atoms with Crippen LogP contribution in [0.3, 0.4) is 0 Å². The van der Waals surface area contributed by atoms with Crippen LogP contribution >= 0.6 is 0 Å². The highest BCUT2D eigenvalue weighted by Gasteiger charge is 2.26. The second kappa shape index (κ2) is 4.08. The Hall–Kier alpha value is -1.04. The molecule has 2 aliphatic carbocycles. The van der Waals surface area contributed by atoms with Crippen molar-refractivity contribution in [3.05, 3.63) is 46.6 Å². The Morgan fingerprint density at radius 3 is 2.19 bits per heavy atom. The minimum atomic E-state index is 0.558. The summed E-state index contributed by atoms with van der Waals surface area (Å²) in [5.74, 6) is 1.82. The summed E-state index contributed by atoms with van der Waals surface area (Å²) in [5.41, 5.74) is 5.96. The van der Waals surface area contributed by atoms with Crippen molar-refractivity contribution in [2.45, 2.75) is 34.6 Å². The van der Waals surface area contributed by atoms with Crippen LogP contribution in [-0.4, -0.2) is 0 Å². The van der Waals surface area contributed by atoms with E-state index in [1.807, 2.05) is 0 Å². The molecule has 0 aromatic carbocycles. The molecule has 0 fully saturated rings. The third kappa shape index (κ3) is 1.93. The van der Waals surface area contributed by atoms with Gasteiger partial charge in [-0.15, -0.1) is 0 Å². The average Bonchev–Trinajstić information content (AvgIpc) is 2.55. The van der Waals surface area contributed by atoms with Crippen molar-refractivity contribution in [2.24, 2.45) is 17.8 Å². The molecule has 0 aromatic rings. The van der Waals surface area contributed by atoms with Crippen molar-refractivity contribution < 1.29 is 0 Å². The van der Waals surface area contributed by atoms with Crippen molar-refractivity contribution in [1.82, 2.24) is 0 Å². The largest absolute Gasteiger partial charge is 0.0700 e. The molecule has 0 bridgehead atoms. The van der Waals surface area contributed by atoms with Crippen molar-refractivity contribution in [3.8, 4) is 0 Å². The highest BCUT2D eigenvalue weighted by atomic mass is 14.3. The second-order valence-electron chi connectivity index (χ2n) is 5.63. The summed E-state index contributed by atoms with van der Waals surface area (Å²) >= 11 is 0. The summed E-state index contributed by atoms with van der Waals surface area (Å²) in [5, 5.41) is 0. The van der Waals surface area contributed by atoms with Crippen molar-refractivity contribution in [2.75, 3.05) is 0 Å². The topological polar surface area (TPSA) is 0 Å². The van der Waals surface area contributed by atoms with E-state index in [0.29, 0.717) is 17.8 Å². The summed E-state index contributed by atoms with van der Waals surface area (Å²) < 4.78 is 0. The van der Waals surface area contributed by atoms with Crippen LogP contribution in [0.5, 0.6) is 0 Å². The zero-order chi connectivity index (χ0) is 11.9. The SMILES string of the molecule is CC1=CC2C(=C1)C=C(C(C)C)C=C2C(C)C. The first-order valence-electron chi connectivity index (χ1n) is 6.32. The predicted octanol–water partition coefficient (Wildman–Crippen LogP) is 4.67. The van der Waals surface area contributed by atoms with Crippen molar-refractivity contribution in [3.63, 3.8) is 0 Å². The molecule has 16 heavy (non-hydrogen) atoms. The van der Waals surface area contributed by atoms with E-state index in [4.69, 9.17) is 0 Å². The van der Waals surface area contributed by atoms with E-state index in [0.717, 1.165) is 0 Å². The van der Waals surface area contributed by atoms with E-state index < -0.39 is 0 Å². The van der Waals surface area contributed by atoms with Crippen LogP contribution in [-0.2, 0) is 0 Å². The fourth-order valence-corrected chi connectivity index (χ4v) is 2.56. The van der Waals surface area contributed by atoms with Gasteiger partial charge < -0.3 is 0 Å². The maximum atomic E-state index is 2.42. The number of hydrogen-bond donors (Lipinski definition) is 0. The molecule has 0 aliphatic heterocycles. The normalized spacial score (nSPS) is 24.1. The maximum Gasteiger partial charge on any atom is 0.0239 e. The summed E-state index contributed by atoms with van der Waals surface area (Å²) in [6, 6.07) is 0. The van der Waals surface area contributed by atoms with Gasteiger partial charge in [0.15, 0.2) is 0 Å². The van der Waals surface area contributed by atoms with Gasteiger partial charge in [-0.05, 0) is 29.9 Å². The van der Waals surface area contributed by atoms with Crippen LogP contribution in [0.25, 0.3) is 0 Å². The summed E-state index contributed by atoms with van der Waals surface area (Å²) in [4.78, 5) is 0. The number of allylic oxidation sites excluding steroid dienone is 8. The molecule has 0 heterocycles. The Morgan fingerprint density at radius 2 is 1.62 bits per heavy atom. The molecule has 0 N–H and O–H groups in total. The lowest BCUT2D eigenvalue weighted by molar-refractivity contribution is 0.669. The fraction of sp³-hybridized carbons (Fsp3) is 0.500. The molecule has 1 atom stereocenters. The van der Waals surface area contributed by atoms with E-state index in [9.17, 15) is 0 Å². The molecule has 2 aliphatic rings. The van der Waals surface area contributed by atoms with Crippen LogP contribution in [0.15, 0.2) is 46.6 Å². The summed E-state index contributed by atoms with van der Waals surface area (Å²) in [7, 11) is 0. The molecule has 0 nitrogen and oxygen atoms in total. The van der Waals surface area contributed by atoms with Gasteiger partial charge in [0.05, 0.1) is 0 Å². The van der Waals surface area contributed by atoms with Crippen LogP contribution < -0.4 is 0 Å². The smallest absolute Gasteiger partial charge is 0.0239 e. The van der Waals surface area contributed by atoms with E-state index in [1.54, 1.807) is 5.57 Å². The van der Waals surface area contributed by atoms with Gasteiger partial charge in [0.2, 0.25) is 0 Å². The van der Waals surface area contributed by atoms with E-state index in [1.165, 1.54) is 16.7 Å². The lowest BCUT2D eigenvalue weighted by Gasteiger charge is -2.26. The number of fused-ring (bicyclic) bond motifs is 1. The fourth-order valence-electron chi connectivity index (χ4n) is 2.56. The van der Waals surface area contributed by atoms with Crippen LogP contribution in [0.1, 0.15) is 34.6 Å². The Balaban J connectivity index is 2.44. The predicted molar refractivity (Wildman–Crippen MR) is 71.2 cm³/mol. The first-order valence-corrected chi connectivity index (χ1v) is 6.32. The van der Waals surface area contributed by atoms with Gasteiger partial charge in [-0.1, -0.05) is 63.1 Å². The average molecular weight is 214 g/mol. The first-order chi connectivity index (χ1) is 7.49. The highest BCUT2D eigenvalue weighted by Crippen LogP contribution is 2.40. The van der Waals surface area contributed by atoms with Crippen LogP contribution in [0, 0.1) is 17.8 Å². The zero-order valence-corrected chi connectivity index (χ0v) is 11.0. The third-order valence-electron chi connectivity index (χ3n) is 3.54. The lowest BCUT2D eigenvalue weighted by atomic mass is 9.79. The maximum absolute atomic E-state index is 2.42. The van der Waals surface area contributed by atoms with Gasteiger partial charge in [0, 0.05) is 5.92 Å². The number of rotatable bonds is 2. The highest BCUT2D eigenvalue weighted by molar-refractivity contribution is 5.53. The lowest BCUT2D eigenvalue weighted by Crippen LogP contribution is -2.13. The quantitative estimate of drug-likeness (QED) is 0.626. The monoisotopic (exact) mass is 214 g/mol. The summed E-state index contributed by atoms with van der Waals surface area (Å²) in [6.07, 6.45) is 9.54.